The highest BCUT2D eigenvalue weighted by atomic mass is 32.2. The van der Waals surface area contributed by atoms with E-state index in [1.165, 1.54) is 0 Å². The average molecular weight is 340 g/mol. The summed E-state index contributed by atoms with van der Waals surface area (Å²) in [7, 11) is -3.93. The van der Waals surface area contributed by atoms with Crippen molar-refractivity contribution in [3.8, 4) is 0 Å². The van der Waals surface area contributed by atoms with Crippen molar-refractivity contribution in [3.63, 3.8) is 0 Å². The minimum Gasteiger partial charge on any atom is -0.466 e. The van der Waals surface area contributed by atoms with Crippen LogP contribution in [0.3, 0.4) is 0 Å². The van der Waals surface area contributed by atoms with Crippen LogP contribution in [0.1, 0.15) is 18.9 Å². The number of carbonyl (C=O) groups excluding carboxylic acids is 1. The largest absolute Gasteiger partial charge is 0.466 e. The lowest BCUT2D eigenvalue weighted by atomic mass is 10.0. The topological polar surface area (TPSA) is 69.7 Å². The molecule has 1 atom stereocenters. The van der Waals surface area contributed by atoms with Gasteiger partial charge in [-0.1, -0.05) is 0 Å². The first-order valence-electron chi connectivity index (χ1n) is 6.29. The molecule has 0 amide bonds. The van der Waals surface area contributed by atoms with Gasteiger partial charge in [0.2, 0.25) is 0 Å². The van der Waals surface area contributed by atoms with E-state index in [1.807, 2.05) is 0 Å². The third-order valence-corrected chi connectivity index (χ3v) is 3.17. The van der Waals surface area contributed by atoms with Crippen molar-refractivity contribution in [3.05, 3.63) is 35.1 Å². The molecule has 1 rings (SSSR count). The van der Waals surface area contributed by atoms with Crippen LogP contribution in [0.25, 0.3) is 0 Å². The molecule has 0 aliphatic rings. The summed E-state index contributed by atoms with van der Waals surface area (Å²) in [4.78, 5) is 11.4. The van der Waals surface area contributed by atoms with Gasteiger partial charge >= 0.3 is 5.97 Å². The van der Waals surface area contributed by atoms with Gasteiger partial charge in [-0.2, -0.15) is 8.42 Å². The predicted octanol–water partition coefficient (Wildman–Crippen LogP) is 1.94. The van der Waals surface area contributed by atoms with Crippen molar-refractivity contribution < 1.29 is 35.3 Å². The van der Waals surface area contributed by atoms with E-state index < -0.39 is 52.5 Å². The molecular weight excluding hydrogens is 325 g/mol. The second-order valence-electron chi connectivity index (χ2n) is 4.49. The summed E-state index contributed by atoms with van der Waals surface area (Å²) in [6.07, 6.45) is -1.44. The molecule has 0 saturated heterocycles. The van der Waals surface area contributed by atoms with Crippen LogP contribution in [0.15, 0.2) is 12.1 Å². The minimum absolute atomic E-state index is 0.0734. The molecule has 0 fully saturated rings. The van der Waals surface area contributed by atoms with Crippen LogP contribution in [0.5, 0.6) is 0 Å². The van der Waals surface area contributed by atoms with Gasteiger partial charge in [-0.15, -0.1) is 0 Å². The zero-order valence-electron chi connectivity index (χ0n) is 11.9. The summed E-state index contributed by atoms with van der Waals surface area (Å²) in [5.41, 5.74) is -0.308. The Morgan fingerprint density at radius 1 is 1.18 bits per heavy atom. The summed E-state index contributed by atoms with van der Waals surface area (Å²) in [5.74, 6) is -4.47. The highest BCUT2D eigenvalue weighted by molar-refractivity contribution is 7.86. The van der Waals surface area contributed by atoms with Crippen molar-refractivity contribution >= 4 is 16.1 Å². The molecule has 0 aliphatic heterocycles. The Balaban J connectivity index is 2.97. The average Bonchev–Trinajstić information content (AvgIpc) is 2.34. The molecule has 1 aromatic carbocycles. The summed E-state index contributed by atoms with van der Waals surface area (Å²) in [5, 5.41) is 0. The lowest BCUT2D eigenvalue weighted by Gasteiger charge is -2.16. The molecule has 0 heterocycles. The second kappa shape index (κ2) is 7.59. The number of benzene rings is 1. The molecule has 0 unspecified atom stereocenters. The number of ether oxygens (including phenoxy) is 1. The zero-order chi connectivity index (χ0) is 16.9. The molecule has 0 aromatic heterocycles. The van der Waals surface area contributed by atoms with Crippen LogP contribution >= 0.6 is 0 Å². The first-order valence-corrected chi connectivity index (χ1v) is 8.11. The van der Waals surface area contributed by atoms with E-state index in [-0.39, 0.29) is 12.2 Å². The lowest BCUT2D eigenvalue weighted by molar-refractivity contribution is -0.144. The Labute approximate surface area is 126 Å². The van der Waals surface area contributed by atoms with Crippen LogP contribution in [0.2, 0.25) is 0 Å². The SMILES string of the molecule is CCOC(=O)C[C@H](Cc1cc(F)c(F)cc1F)OS(C)(=O)=O. The monoisotopic (exact) mass is 340 g/mol. The van der Waals surface area contributed by atoms with E-state index in [4.69, 9.17) is 0 Å². The molecule has 124 valence electrons. The fraction of sp³-hybridized carbons (Fsp3) is 0.462. The van der Waals surface area contributed by atoms with Crippen LogP contribution in [-0.2, 0) is 30.3 Å². The van der Waals surface area contributed by atoms with E-state index in [1.54, 1.807) is 6.92 Å². The van der Waals surface area contributed by atoms with Crippen molar-refractivity contribution in [2.24, 2.45) is 0 Å². The number of hydrogen-bond acceptors (Lipinski definition) is 5. The Hall–Kier alpha value is -1.61. The molecule has 0 aliphatic carbocycles. The maximum absolute atomic E-state index is 13.6. The molecule has 0 spiro atoms. The quantitative estimate of drug-likeness (QED) is 0.431. The van der Waals surface area contributed by atoms with Crippen molar-refractivity contribution in [1.29, 1.82) is 0 Å². The Morgan fingerprint density at radius 2 is 1.77 bits per heavy atom. The Kier molecular flexibility index (Phi) is 6.36. The highest BCUT2D eigenvalue weighted by Crippen LogP contribution is 2.18. The van der Waals surface area contributed by atoms with Gasteiger partial charge < -0.3 is 4.74 Å². The second-order valence-corrected chi connectivity index (χ2v) is 6.09. The minimum atomic E-state index is -3.93. The van der Waals surface area contributed by atoms with Crippen LogP contribution < -0.4 is 0 Å². The van der Waals surface area contributed by atoms with Gasteiger partial charge in [0.05, 0.1) is 25.4 Å². The fourth-order valence-electron chi connectivity index (χ4n) is 1.76. The molecule has 9 heteroatoms. The molecule has 0 N–H and O–H groups in total. The summed E-state index contributed by atoms with van der Waals surface area (Å²) in [6.45, 7) is 1.63. The summed E-state index contributed by atoms with van der Waals surface area (Å²) >= 11 is 0. The van der Waals surface area contributed by atoms with Gasteiger partial charge in [-0.3, -0.25) is 8.98 Å². The molecule has 22 heavy (non-hydrogen) atoms. The third kappa shape index (κ3) is 6.02. The van der Waals surface area contributed by atoms with Gasteiger partial charge in [0, 0.05) is 12.5 Å². The Bertz CT molecular complexity index is 645. The predicted molar refractivity (Wildman–Crippen MR) is 71.0 cm³/mol. The smallest absolute Gasteiger partial charge is 0.308 e. The van der Waals surface area contributed by atoms with E-state index >= 15 is 0 Å². The molecular formula is C13H15F3O5S. The zero-order valence-corrected chi connectivity index (χ0v) is 12.8. The standard InChI is InChI=1S/C13H15F3O5S/c1-3-20-13(17)6-9(21-22(2,18)19)4-8-5-11(15)12(16)7-10(8)14/h5,7,9H,3-4,6H2,1-2H3/t9-/m0/s1. The molecule has 0 saturated carbocycles. The maximum Gasteiger partial charge on any atom is 0.308 e. The Morgan fingerprint density at radius 3 is 2.32 bits per heavy atom. The number of esters is 1. The maximum atomic E-state index is 13.6. The highest BCUT2D eigenvalue weighted by Gasteiger charge is 2.23. The lowest BCUT2D eigenvalue weighted by Crippen LogP contribution is -2.25. The first-order chi connectivity index (χ1) is 10.1. The van der Waals surface area contributed by atoms with E-state index in [9.17, 15) is 26.4 Å². The number of hydrogen-bond donors (Lipinski definition) is 0. The number of rotatable bonds is 7. The van der Waals surface area contributed by atoms with Crippen LogP contribution in [0, 0.1) is 17.5 Å². The van der Waals surface area contributed by atoms with Crippen molar-refractivity contribution in [2.75, 3.05) is 12.9 Å². The van der Waals surface area contributed by atoms with Crippen LogP contribution in [0.4, 0.5) is 13.2 Å². The molecule has 0 bridgehead atoms. The number of carbonyl (C=O) groups is 1. The van der Waals surface area contributed by atoms with E-state index in [0.717, 1.165) is 6.26 Å². The van der Waals surface area contributed by atoms with Crippen molar-refractivity contribution in [2.45, 2.75) is 25.9 Å². The van der Waals surface area contributed by atoms with Gasteiger partial charge in [0.1, 0.15) is 5.82 Å². The summed E-state index contributed by atoms with van der Waals surface area (Å²) < 4.78 is 71.3. The molecule has 5 nitrogen and oxygen atoms in total. The van der Waals surface area contributed by atoms with Gasteiger partial charge in [-0.25, -0.2) is 13.2 Å². The molecule has 0 radical (unpaired) electrons. The summed E-state index contributed by atoms with van der Waals surface area (Å²) in [6, 6.07) is 0.932. The van der Waals surface area contributed by atoms with Crippen LogP contribution in [-0.4, -0.2) is 33.4 Å². The van der Waals surface area contributed by atoms with Gasteiger partial charge in [0.15, 0.2) is 11.6 Å². The fourth-order valence-corrected chi connectivity index (χ4v) is 2.39. The van der Waals surface area contributed by atoms with E-state index in [2.05, 4.69) is 8.92 Å². The molecule has 1 aromatic rings. The first kappa shape index (κ1) is 18.4. The van der Waals surface area contributed by atoms with E-state index in [0.29, 0.717) is 12.1 Å². The van der Waals surface area contributed by atoms with Gasteiger partial charge in [0.25, 0.3) is 10.1 Å². The normalized spacial score (nSPS) is 13.0. The number of halogens is 3. The third-order valence-electron chi connectivity index (χ3n) is 2.55. The van der Waals surface area contributed by atoms with Crippen molar-refractivity contribution in [1.82, 2.24) is 0 Å². The van der Waals surface area contributed by atoms with Gasteiger partial charge in [-0.05, 0) is 18.6 Å².